The summed E-state index contributed by atoms with van der Waals surface area (Å²) in [4.78, 5) is 11.9. The maximum atomic E-state index is 11.9. The molecule has 0 aromatic heterocycles. The molecule has 1 aliphatic heterocycles. The topological polar surface area (TPSA) is 58.6 Å². The Morgan fingerprint density at radius 3 is 2.27 bits per heavy atom. The van der Waals surface area contributed by atoms with E-state index in [1.54, 1.807) is 0 Å². The lowest BCUT2D eigenvalue weighted by Crippen LogP contribution is -2.61. The molecule has 0 spiro atoms. The zero-order valence-corrected chi connectivity index (χ0v) is 9.21. The molecular weight excluding hydrogens is 194 g/mol. The number of piperidine rings is 1. The van der Waals surface area contributed by atoms with Gasteiger partial charge < -0.3 is 15.2 Å². The van der Waals surface area contributed by atoms with Gasteiger partial charge in [0.15, 0.2) is 0 Å². The van der Waals surface area contributed by atoms with Gasteiger partial charge in [0.2, 0.25) is 0 Å². The summed E-state index contributed by atoms with van der Waals surface area (Å²) in [6, 6.07) is 0. The van der Waals surface area contributed by atoms with Crippen molar-refractivity contribution in [2.45, 2.75) is 37.7 Å². The Bertz CT molecular complexity index is 255. The molecule has 2 fully saturated rings. The summed E-state index contributed by atoms with van der Waals surface area (Å²) in [7, 11) is 1.41. The molecule has 15 heavy (non-hydrogen) atoms. The standard InChI is InChI=1S/C11H19NO3/c1-15-9(13)10(5-7-12-8-6-10)11(14)3-2-4-11/h12,14H,2-8H2,1H3. The molecule has 1 saturated carbocycles. The van der Waals surface area contributed by atoms with E-state index < -0.39 is 11.0 Å². The predicted molar refractivity (Wildman–Crippen MR) is 55.4 cm³/mol. The first-order chi connectivity index (χ1) is 7.15. The Hall–Kier alpha value is -0.610. The van der Waals surface area contributed by atoms with Crippen LogP contribution < -0.4 is 5.32 Å². The molecule has 86 valence electrons. The number of carbonyl (C=O) groups excluding carboxylic acids is 1. The lowest BCUT2D eigenvalue weighted by atomic mass is 9.57. The highest BCUT2D eigenvalue weighted by Gasteiger charge is 2.59. The van der Waals surface area contributed by atoms with Crippen molar-refractivity contribution in [1.82, 2.24) is 5.32 Å². The molecule has 2 aliphatic rings. The van der Waals surface area contributed by atoms with E-state index in [1.165, 1.54) is 7.11 Å². The Balaban J connectivity index is 2.25. The molecule has 4 heteroatoms. The number of ether oxygens (including phenoxy) is 1. The van der Waals surface area contributed by atoms with Gasteiger partial charge in [-0.1, -0.05) is 0 Å². The van der Waals surface area contributed by atoms with E-state index in [4.69, 9.17) is 4.74 Å². The van der Waals surface area contributed by atoms with Crippen molar-refractivity contribution in [3.63, 3.8) is 0 Å². The van der Waals surface area contributed by atoms with Crippen molar-refractivity contribution in [1.29, 1.82) is 0 Å². The van der Waals surface area contributed by atoms with E-state index in [0.29, 0.717) is 12.8 Å². The molecule has 4 nitrogen and oxygen atoms in total. The summed E-state index contributed by atoms with van der Waals surface area (Å²) in [6.45, 7) is 1.58. The van der Waals surface area contributed by atoms with Gasteiger partial charge >= 0.3 is 5.97 Å². The van der Waals surface area contributed by atoms with Crippen molar-refractivity contribution in [2.75, 3.05) is 20.2 Å². The van der Waals surface area contributed by atoms with Gasteiger partial charge in [0.05, 0.1) is 18.1 Å². The van der Waals surface area contributed by atoms with Crippen molar-refractivity contribution in [2.24, 2.45) is 5.41 Å². The summed E-state index contributed by atoms with van der Waals surface area (Å²) >= 11 is 0. The van der Waals surface area contributed by atoms with E-state index in [1.807, 2.05) is 0 Å². The van der Waals surface area contributed by atoms with Crippen molar-refractivity contribution in [3.8, 4) is 0 Å². The summed E-state index contributed by atoms with van der Waals surface area (Å²) in [6.07, 6.45) is 3.87. The fraction of sp³-hybridized carbons (Fsp3) is 0.909. The van der Waals surface area contributed by atoms with E-state index >= 15 is 0 Å². The van der Waals surface area contributed by atoms with Crippen LogP contribution >= 0.6 is 0 Å². The summed E-state index contributed by atoms with van der Waals surface area (Å²) < 4.78 is 4.89. The summed E-state index contributed by atoms with van der Waals surface area (Å²) in [5, 5.41) is 13.7. The monoisotopic (exact) mass is 213 g/mol. The second kappa shape index (κ2) is 3.76. The van der Waals surface area contributed by atoms with Crippen LogP contribution in [0.1, 0.15) is 32.1 Å². The average molecular weight is 213 g/mol. The minimum atomic E-state index is -0.803. The molecular formula is C11H19NO3. The molecule has 0 radical (unpaired) electrons. The minimum Gasteiger partial charge on any atom is -0.469 e. The van der Waals surface area contributed by atoms with Crippen LogP contribution in [0.3, 0.4) is 0 Å². The van der Waals surface area contributed by atoms with E-state index in [0.717, 1.165) is 32.4 Å². The maximum absolute atomic E-state index is 11.9. The van der Waals surface area contributed by atoms with Crippen LogP contribution in [0.25, 0.3) is 0 Å². The minimum absolute atomic E-state index is 0.230. The van der Waals surface area contributed by atoms with E-state index in [2.05, 4.69) is 5.32 Å². The molecule has 0 aromatic carbocycles. The van der Waals surface area contributed by atoms with Gasteiger partial charge in [-0.2, -0.15) is 0 Å². The lowest BCUT2D eigenvalue weighted by Gasteiger charge is -2.52. The highest BCUT2D eigenvalue weighted by Crippen LogP contribution is 2.51. The number of esters is 1. The number of hydrogen-bond donors (Lipinski definition) is 2. The smallest absolute Gasteiger partial charge is 0.314 e. The number of rotatable bonds is 2. The summed E-state index contributed by atoms with van der Waals surface area (Å²) in [5.74, 6) is -0.230. The first kappa shape index (κ1) is 10.9. The number of methoxy groups -OCH3 is 1. The number of carbonyl (C=O) groups is 1. The zero-order chi connectivity index (χ0) is 10.9. The third-order valence-electron chi connectivity index (χ3n) is 4.10. The fourth-order valence-corrected chi connectivity index (χ4v) is 2.90. The predicted octanol–water partition coefficient (Wildman–Crippen LogP) is 0.444. The molecule has 1 heterocycles. The van der Waals surface area contributed by atoms with Gasteiger partial charge in [0.25, 0.3) is 0 Å². The summed E-state index contributed by atoms with van der Waals surface area (Å²) in [5.41, 5.74) is -1.45. The molecule has 1 aliphatic carbocycles. The van der Waals surface area contributed by atoms with E-state index in [9.17, 15) is 9.90 Å². The van der Waals surface area contributed by atoms with Gasteiger partial charge in [-0.05, 0) is 45.2 Å². The number of hydrogen-bond acceptors (Lipinski definition) is 4. The van der Waals surface area contributed by atoms with Gasteiger partial charge in [-0.15, -0.1) is 0 Å². The van der Waals surface area contributed by atoms with Gasteiger partial charge in [0, 0.05) is 0 Å². The molecule has 2 rings (SSSR count). The second-order valence-corrected chi connectivity index (χ2v) is 4.71. The third kappa shape index (κ3) is 1.47. The quantitative estimate of drug-likeness (QED) is 0.654. The molecule has 0 unspecified atom stereocenters. The van der Waals surface area contributed by atoms with Crippen LogP contribution in [0.5, 0.6) is 0 Å². The van der Waals surface area contributed by atoms with Crippen LogP contribution in [0.15, 0.2) is 0 Å². The number of nitrogens with one attached hydrogen (secondary N) is 1. The van der Waals surface area contributed by atoms with Crippen LogP contribution in [-0.4, -0.2) is 36.9 Å². The second-order valence-electron chi connectivity index (χ2n) is 4.71. The van der Waals surface area contributed by atoms with Gasteiger partial charge in [-0.25, -0.2) is 0 Å². The van der Waals surface area contributed by atoms with Crippen LogP contribution in [0.4, 0.5) is 0 Å². The molecule has 1 saturated heterocycles. The first-order valence-electron chi connectivity index (χ1n) is 5.66. The van der Waals surface area contributed by atoms with Crippen molar-refractivity contribution in [3.05, 3.63) is 0 Å². The molecule has 2 N–H and O–H groups in total. The highest BCUT2D eigenvalue weighted by molar-refractivity contribution is 5.78. The molecule has 0 atom stereocenters. The average Bonchev–Trinajstić information content (AvgIpc) is 2.25. The Labute approximate surface area is 90.0 Å². The highest BCUT2D eigenvalue weighted by atomic mass is 16.5. The Morgan fingerprint density at radius 2 is 1.87 bits per heavy atom. The number of aliphatic hydroxyl groups is 1. The molecule has 0 aromatic rings. The SMILES string of the molecule is COC(=O)C1(C2(O)CCC2)CCNCC1. The maximum Gasteiger partial charge on any atom is 0.314 e. The van der Waals surface area contributed by atoms with Crippen LogP contribution in [-0.2, 0) is 9.53 Å². The third-order valence-corrected chi connectivity index (χ3v) is 4.10. The van der Waals surface area contributed by atoms with Crippen molar-refractivity contribution < 1.29 is 14.6 Å². The largest absolute Gasteiger partial charge is 0.469 e. The van der Waals surface area contributed by atoms with Gasteiger partial charge in [-0.3, -0.25) is 4.79 Å². The molecule has 0 amide bonds. The Morgan fingerprint density at radius 1 is 1.27 bits per heavy atom. The normalized spacial score (nSPS) is 27.9. The van der Waals surface area contributed by atoms with Gasteiger partial charge in [0.1, 0.15) is 0 Å². The van der Waals surface area contributed by atoms with Crippen LogP contribution in [0, 0.1) is 5.41 Å². The lowest BCUT2D eigenvalue weighted by molar-refractivity contribution is -0.193. The zero-order valence-electron chi connectivity index (χ0n) is 9.21. The van der Waals surface area contributed by atoms with E-state index in [-0.39, 0.29) is 5.97 Å². The van der Waals surface area contributed by atoms with Crippen LogP contribution in [0.2, 0.25) is 0 Å². The fourth-order valence-electron chi connectivity index (χ4n) is 2.90. The first-order valence-corrected chi connectivity index (χ1v) is 5.66. The Kier molecular flexibility index (Phi) is 2.73. The van der Waals surface area contributed by atoms with Crippen molar-refractivity contribution >= 4 is 5.97 Å². The molecule has 0 bridgehead atoms.